The van der Waals surface area contributed by atoms with Crippen molar-refractivity contribution in [3.63, 3.8) is 0 Å². The Bertz CT molecular complexity index is 356. The molecule has 1 aromatic heterocycles. The Labute approximate surface area is 97.5 Å². The SMILES string of the molecule is CCC(C)c1nnc2n1CCNC2C(C)C. The van der Waals surface area contributed by atoms with Gasteiger partial charge in [-0.2, -0.15) is 0 Å². The Hall–Kier alpha value is -0.900. The van der Waals surface area contributed by atoms with E-state index in [1.54, 1.807) is 0 Å². The van der Waals surface area contributed by atoms with Crippen molar-refractivity contribution >= 4 is 0 Å². The van der Waals surface area contributed by atoms with Gasteiger partial charge in [0.05, 0.1) is 6.04 Å². The van der Waals surface area contributed by atoms with Gasteiger partial charge < -0.3 is 9.88 Å². The van der Waals surface area contributed by atoms with Crippen LogP contribution < -0.4 is 5.32 Å². The van der Waals surface area contributed by atoms with Gasteiger partial charge in [0.15, 0.2) is 5.82 Å². The van der Waals surface area contributed by atoms with Crippen LogP contribution in [0.5, 0.6) is 0 Å². The monoisotopic (exact) mass is 222 g/mol. The summed E-state index contributed by atoms with van der Waals surface area (Å²) in [6.45, 7) is 10.9. The topological polar surface area (TPSA) is 42.7 Å². The van der Waals surface area contributed by atoms with Crippen LogP contribution in [0.15, 0.2) is 0 Å². The summed E-state index contributed by atoms with van der Waals surface area (Å²) in [7, 11) is 0. The van der Waals surface area contributed by atoms with E-state index in [1.165, 1.54) is 0 Å². The van der Waals surface area contributed by atoms with Gasteiger partial charge in [0.2, 0.25) is 0 Å². The van der Waals surface area contributed by atoms with Gasteiger partial charge in [-0.1, -0.05) is 27.7 Å². The van der Waals surface area contributed by atoms with E-state index in [-0.39, 0.29) is 0 Å². The van der Waals surface area contributed by atoms with E-state index in [9.17, 15) is 0 Å². The molecule has 1 aliphatic rings. The first-order valence-electron chi connectivity index (χ1n) is 6.31. The van der Waals surface area contributed by atoms with E-state index in [1.807, 2.05) is 0 Å². The number of nitrogens with zero attached hydrogens (tertiary/aromatic N) is 3. The van der Waals surface area contributed by atoms with Crippen LogP contribution in [-0.2, 0) is 6.54 Å². The first-order chi connectivity index (χ1) is 7.65. The van der Waals surface area contributed by atoms with Crippen molar-refractivity contribution in [1.82, 2.24) is 20.1 Å². The molecule has 2 rings (SSSR count). The number of fused-ring (bicyclic) bond motifs is 1. The maximum atomic E-state index is 4.38. The van der Waals surface area contributed by atoms with Crippen LogP contribution in [0.25, 0.3) is 0 Å². The first-order valence-corrected chi connectivity index (χ1v) is 6.31. The zero-order chi connectivity index (χ0) is 11.7. The summed E-state index contributed by atoms with van der Waals surface area (Å²) in [5, 5.41) is 12.3. The minimum absolute atomic E-state index is 0.360. The second-order valence-corrected chi connectivity index (χ2v) is 5.05. The first kappa shape index (κ1) is 11.6. The van der Waals surface area contributed by atoms with Crippen LogP contribution in [-0.4, -0.2) is 21.3 Å². The smallest absolute Gasteiger partial charge is 0.150 e. The second kappa shape index (κ2) is 4.53. The molecule has 2 unspecified atom stereocenters. The molecule has 4 nitrogen and oxygen atoms in total. The predicted octanol–water partition coefficient (Wildman–Crippen LogP) is 2.09. The van der Waals surface area contributed by atoms with Gasteiger partial charge in [0.25, 0.3) is 0 Å². The summed E-state index contributed by atoms with van der Waals surface area (Å²) >= 11 is 0. The van der Waals surface area contributed by atoms with E-state index < -0.39 is 0 Å². The number of aromatic nitrogens is 3. The highest BCUT2D eigenvalue weighted by atomic mass is 15.3. The highest BCUT2D eigenvalue weighted by Gasteiger charge is 2.27. The summed E-state index contributed by atoms with van der Waals surface area (Å²) in [5.74, 6) is 3.35. The van der Waals surface area contributed by atoms with E-state index in [0.29, 0.717) is 17.9 Å². The quantitative estimate of drug-likeness (QED) is 0.851. The van der Waals surface area contributed by atoms with E-state index in [2.05, 4.69) is 47.8 Å². The molecule has 0 saturated carbocycles. The maximum Gasteiger partial charge on any atom is 0.150 e. The van der Waals surface area contributed by atoms with Crippen LogP contribution in [0.4, 0.5) is 0 Å². The molecule has 2 atom stereocenters. The van der Waals surface area contributed by atoms with Crippen molar-refractivity contribution in [1.29, 1.82) is 0 Å². The third kappa shape index (κ3) is 1.86. The van der Waals surface area contributed by atoms with Crippen molar-refractivity contribution in [3.05, 3.63) is 11.6 Å². The Morgan fingerprint density at radius 3 is 2.75 bits per heavy atom. The number of hydrogen-bond donors (Lipinski definition) is 1. The number of hydrogen-bond acceptors (Lipinski definition) is 3. The molecule has 0 saturated heterocycles. The molecule has 0 radical (unpaired) electrons. The van der Waals surface area contributed by atoms with Crippen molar-refractivity contribution in [2.24, 2.45) is 5.92 Å². The van der Waals surface area contributed by atoms with E-state index >= 15 is 0 Å². The van der Waals surface area contributed by atoms with Crippen LogP contribution in [0, 0.1) is 5.92 Å². The standard InChI is InChI=1S/C12H22N4/c1-5-9(4)11-14-15-12-10(8(2)3)13-6-7-16(11)12/h8-10,13H,5-7H2,1-4H3. The molecule has 0 fully saturated rings. The van der Waals surface area contributed by atoms with Crippen molar-refractivity contribution in [3.8, 4) is 0 Å². The lowest BCUT2D eigenvalue weighted by Crippen LogP contribution is -2.37. The van der Waals surface area contributed by atoms with Gasteiger partial charge in [0, 0.05) is 19.0 Å². The van der Waals surface area contributed by atoms with Gasteiger partial charge in [-0.25, -0.2) is 0 Å². The maximum absolute atomic E-state index is 4.38. The molecule has 1 aliphatic heterocycles. The molecule has 90 valence electrons. The fraction of sp³-hybridized carbons (Fsp3) is 0.833. The average molecular weight is 222 g/mol. The molecule has 1 aromatic rings. The summed E-state index contributed by atoms with van der Waals surface area (Å²) in [6, 6.07) is 0.360. The molecule has 0 aromatic carbocycles. The van der Waals surface area contributed by atoms with Crippen LogP contribution >= 0.6 is 0 Å². The molecule has 16 heavy (non-hydrogen) atoms. The van der Waals surface area contributed by atoms with Gasteiger partial charge in [-0.3, -0.25) is 0 Å². The van der Waals surface area contributed by atoms with Crippen LogP contribution in [0.2, 0.25) is 0 Å². The molecule has 4 heteroatoms. The van der Waals surface area contributed by atoms with Crippen molar-refractivity contribution in [2.45, 2.75) is 52.6 Å². The number of nitrogens with one attached hydrogen (secondary N) is 1. The molecular weight excluding hydrogens is 200 g/mol. The minimum atomic E-state index is 0.360. The molecular formula is C12H22N4. The predicted molar refractivity (Wildman–Crippen MR) is 64.3 cm³/mol. The van der Waals surface area contributed by atoms with Gasteiger partial charge in [-0.15, -0.1) is 10.2 Å². The lowest BCUT2D eigenvalue weighted by molar-refractivity contribution is 0.333. The van der Waals surface area contributed by atoms with Gasteiger partial charge >= 0.3 is 0 Å². The Kier molecular flexibility index (Phi) is 3.28. The van der Waals surface area contributed by atoms with Crippen LogP contribution in [0.1, 0.15) is 57.7 Å². The fourth-order valence-corrected chi connectivity index (χ4v) is 2.29. The normalized spacial score (nSPS) is 22.2. The molecule has 0 spiro atoms. The lowest BCUT2D eigenvalue weighted by Gasteiger charge is -2.28. The lowest BCUT2D eigenvalue weighted by atomic mass is 10.0. The Balaban J connectivity index is 2.34. The minimum Gasteiger partial charge on any atom is -0.312 e. The van der Waals surface area contributed by atoms with Gasteiger partial charge in [0.1, 0.15) is 5.82 Å². The highest BCUT2D eigenvalue weighted by Crippen LogP contribution is 2.26. The zero-order valence-electron chi connectivity index (χ0n) is 10.7. The summed E-state index contributed by atoms with van der Waals surface area (Å²) in [4.78, 5) is 0. The molecule has 0 bridgehead atoms. The Morgan fingerprint density at radius 2 is 2.12 bits per heavy atom. The Morgan fingerprint density at radius 1 is 1.38 bits per heavy atom. The van der Waals surface area contributed by atoms with Crippen molar-refractivity contribution < 1.29 is 0 Å². The average Bonchev–Trinajstić information content (AvgIpc) is 2.71. The third-order valence-corrected chi connectivity index (χ3v) is 3.51. The largest absolute Gasteiger partial charge is 0.312 e. The molecule has 0 aliphatic carbocycles. The zero-order valence-corrected chi connectivity index (χ0v) is 10.7. The fourth-order valence-electron chi connectivity index (χ4n) is 2.29. The summed E-state index contributed by atoms with van der Waals surface area (Å²) < 4.78 is 2.31. The summed E-state index contributed by atoms with van der Waals surface area (Å²) in [6.07, 6.45) is 1.12. The highest BCUT2D eigenvalue weighted by molar-refractivity contribution is 5.08. The summed E-state index contributed by atoms with van der Waals surface area (Å²) in [5.41, 5.74) is 0. The van der Waals surface area contributed by atoms with Crippen molar-refractivity contribution in [2.75, 3.05) is 6.54 Å². The third-order valence-electron chi connectivity index (χ3n) is 3.51. The van der Waals surface area contributed by atoms with E-state index in [4.69, 9.17) is 0 Å². The number of rotatable bonds is 3. The van der Waals surface area contributed by atoms with Crippen LogP contribution in [0.3, 0.4) is 0 Å². The van der Waals surface area contributed by atoms with Gasteiger partial charge in [-0.05, 0) is 12.3 Å². The second-order valence-electron chi connectivity index (χ2n) is 5.05. The van der Waals surface area contributed by atoms with E-state index in [0.717, 1.165) is 31.2 Å². The molecule has 1 N–H and O–H groups in total. The molecule has 0 amide bonds. The molecule has 2 heterocycles.